The van der Waals surface area contributed by atoms with Gasteiger partial charge in [-0.2, -0.15) is 0 Å². The molecule has 2 rings (SSSR count). The summed E-state index contributed by atoms with van der Waals surface area (Å²) in [4.78, 5) is 0. The Morgan fingerprint density at radius 3 is 2.89 bits per heavy atom. The predicted molar refractivity (Wildman–Crippen MR) is 75.6 cm³/mol. The monoisotopic (exact) mass is 313 g/mol. The number of benzene rings is 1. The van der Waals surface area contributed by atoms with Crippen LogP contribution in [-0.4, -0.2) is 32.4 Å². The van der Waals surface area contributed by atoms with E-state index in [1.165, 1.54) is 5.56 Å². The molecule has 3 nitrogen and oxygen atoms in total. The van der Waals surface area contributed by atoms with Crippen molar-refractivity contribution in [1.29, 1.82) is 0 Å². The van der Waals surface area contributed by atoms with E-state index in [2.05, 4.69) is 27.3 Å². The summed E-state index contributed by atoms with van der Waals surface area (Å²) in [5.74, 6) is 0. The fourth-order valence-electron chi connectivity index (χ4n) is 2.20. The van der Waals surface area contributed by atoms with Crippen molar-refractivity contribution in [2.75, 3.05) is 20.2 Å². The molecule has 4 heteroatoms. The van der Waals surface area contributed by atoms with Crippen LogP contribution in [0.4, 0.5) is 0 Å². The molecule has 2 unspecified atom stereocenters. The van der Waals surface area contributed by atoms with Gasteiger partial charge in [0.2, 0.25) is 0 Å². The van der Waals surface area contributed by atoms with Crippen LogP contribution < -0.4 is 5.32 Å². The number of halogens is 1. The van der Waals surface area contributed by atoms with Crippen molar-refractivity contribution in [2.24, 2.45) is 0 Å². The van der Waals surface area contributed by atoms with Crippen molar-refractivity contribution in [1.82, 2.24) is 5.32 Å². The van der Waals surface area contributed by atoms with Crippen molar-refractivity contribution >= 4 is 15.9 Å². The van der Waals surface area contributed by atoms with E-state index in [1.54, 1.807) is 0 Å². The van der Waals surface area contributed by atoms with Gasteiger partial charge in [0.1, 0.15) is 0 Å². The van der Waals surface area contributed by atoms with E-state index < -0.39 is 0 Å². The van der Waals surface area contributed by atoms with Gasteiger partial charge >= 0.3 is 0 Å². The molecule has 0 aliphatic carbocycles. The maximum Gasteiger partial charge on any atom is 0.0814 e. The van der Waals surface area contributed by atoms with Gasteiger partial charge in [0.25, 0.3) is 0 Å². The zero-order valence-corrected chi connectivity index (χ0v) is 12.3. The van der Waals surface area contributed by atoms with Crippen LogP contribution in [0.5, 0.6) is 0 Å². The lowest BCUT2D eigenvalue weighted by atomic mass is 10.2. The highest BCUT2D eigenvalue weighted by atomic mass is 79.9. The van der Waals surface area contributed by atoms with E-state index in [1.807, 2.05) is 25.2 Å². The van der Waals surface area contributed by atoms with E-state index in [-0.39, 0.29) is 6.10 Å². The minimum absolute atomic E-state index is 0.255. The molecule has 100 valence electrons. The summed E-state index contributed by atoms with van der Waals surface area (Å²) in [6, 6.07) is 8.14. The molecule has 1 N–H and O–H groups in total. The second kappa shape index (κ2) is 7.24. The van der Waals surface area contributed by atoms with Crippen LogP contribution in [-0.2, 0) is 16.1 Å². The van der Waals surface area contributed by atoms with Crippen molar-refractivity contribution in [3.63, 3.8) is 0 Å². The molecule has 1 fully saturated rings. The minimum Gasteiger partial charge on any atom is -0.374 e. The highest BCUT2D eigenvalue weighted by molar-refractivity contribution is 9.10. The fourth-order valence-corrected chi connectivity index (χ4v) is 2.60. The van der Waals surface area contributed by atoms with Crippen LogP contribution in [0.1, 0.15) is 18.4 Å². The third kappa shape index (κ3) is 4.05. The molecule has 18 heavy (non-hydrogen) atoms. The molecule has 1 aliphatic rings. The molecule has 0 amide bonds. The van der Waals surface area contributed by atoms with Crippen LogP contribution in [0.15, 0.2) is 28.7 Å². The normalized spacial score (nSPS) is 23.4. The van der Waals surface area contributed by atoms with Crippen LogP contribution in [0.2, 0.25) is 0 Å². The van der Waals surface area contributed by atoms with Crippen LogP contribution in [0.3, 0.4) is 0 Å². The van der Waals surface area contributed by atoms with Gasteiger partial charge in [-0.1, -0.05) is 34.1 Å². The Morgan fingerprint density at radius 1 is 1.33 bits per heavy atom. The number of hydrogen-bond donors (Lipinski definition) is 1. The largest absolute Gasteiger partial charge is 0.374 e. The topological polar surface area (TPSA) is 30.5 Å². The molecule has 1 aromatic carbocycles. The molecule has 0 radical (unpaired) electrons. The standard InChI is InChI=1S/C14H20BrNO2/c1-16-8-12-6-7-13(18-12)10-17-9-11-4-2-3-5-14(11)15/h2-5,12-13,16H,6-10H2,1H3. The number of likely N-dealkylation sites (N-methyl/N-ethyl adjacent to an activating group) is 1. The molecular formula is C14H20BrNO2. The zero-order chi connectivity index (χ0) is 12.8. The molecule has 2 atom stereocenters. The summed E-state index contributed by atoms with van der Waals surface area (Å²) >= 11 is 3.52. The third-order valence-electron chi connectivity index (χ3n) is 3.15. The van der Waals surface area contributed by atoms with Gasteiger partial charge in [-0.25, -0.2) is 0 Å². The van der Waals surface area contributed by atoms with E-state index in [9.17, 15) is 0 Å². The molecular weight excluding hydrogens is 294 g/mol. The summed E-state index contributed by atoms with van der Waals surface area (Å²) in [6.07, 6.45) is 2.84. The van der Waals surface area contributed by atoms with Gasteiger partial charge in [-0.05, 0) is 31.5 Å². The summed E-state index contributed by atoms with van der Waals surface area (Å²) in [5.41, 5.74) is 1.18. The maximum absolute atomic E-state index is 5.87. The SMILES string of the molecule is CNCC1CCC(COCc2ccccc2Br)O1. The Morgan fingerprint density at radius 2 is 2.11 bits per heavy atom. The molecule has 1 saturated heterocycles. The summed E-state index contributed by atoms with van der Waals surface area (Å²) < 4.78 is 12.7. The molecule has 1 heterocycles. The summed E-state index contributed by atoms with van der Waals surface area (Å²) in [6.45, 7) is 2.25. The first kappa shape index (κ1) is 14.0. The average Bonchev–Trinajstić information content (AvgIpc) is 2.80. The second-order valence-corrected chi connectivity index (χ2v) is 5.48. The van der Waals surface area contributed by atoms with Gasteiger partial charge in [-0.15, -0.1) is 0 Å². The first-order chi connectivity index (χ1) is 8.79. The van der Waals surface area contributed by atoms with Crippen molar-refractivity contribution in [2.45, 2.75) is 31.7 Å². The Bertz CT molecular complexity index is 373. The number of nitrogens with one attached hydrogen (secondary N) is 1. The highest BCUT2D eigenvalue weighted by Crippen LogP contribution is 2.21. The number of rotatable bonds is 6. The quantitative estimate of drug-likeness (QED) is 0.876. The molecule has 0 bridgehead atoms. The predicted octanol–water partition coefficient (Wildman–Crippen LogP) is 2.73. The number of hydrogen-bond acceptors (Lipinski definition) is 3. The molecule has 0 spiro atoms. The minimum atomic E-state index is 0.255. The van der Waals surface area contributed by atoms with Gasteiger partial charge in [0, 0.05) is 11.0 Å². The Kier molecular flexibility index (Phi) is 5.63. The molecule has 1 aliphatic heterocycles. The Hall–Kier alpha value is -0.420. The third-order valence-corrected chi connectivity index (χ3v) is 3.92. The lowest BCUT2D eigenvalue weighted by molar-refractivity contribution is -0.0186. The second-order valence-electron chi connectivity index (χ2n) is 4.62. The van der Waals surface area contributed by atoms with Crippen LogP contribution in [0, 0.1) is 0 Å². The first-order valence-corrected chi connectivity index (χ1v) is 7.20. The summed E-state index contributed by atoms with van der Waals surface area (Å²) in [7, 11) is 1.96. The molecule has 0 saturated carbocycles. The van der Waals surface area contributed by atoms with Gasteiger partial charge < -0.3 is 14.8 Å². The van der Waals surface area contributed by atoms with Crippen molar-refractivity contribution in [3.8, 4) is 0 Å². The Labute approximate surface area is 117 Å². The van der Waals surface area contributed by atoms with Gasteiger partial charge in [0.05, 0.1) is 25.4 Å². The molecule has 1 aromatic rings. The van der Waals surface area contributed by atoms with E-state index in [0.717, 1.165) is 23.9 Å². The zero-order valence-electron chi connectivity index (χ0n) is 10.7. The van der Waals surface area contributed by atoms with Gasteiger partial charge in [0.15, 0.2) is 0 Å². The fraction of sp³-hybridized carbons (Fsp3) is 0.571. The Balaban J connectivity index is 1.69. The van der Waals surface area contributed by atoms with Crippen LogP contribution >= 0.6 is 15.9 Å². The van der Waals surface area contributed by atoms with Crippen molar-refractivity contribution < 1.29 is 9.47 Å². The smallest absolute Gasteiger partial charge is 0.0814 e. The lowest BCUT2D eigenvalue weighted by Crippen LogP contribution is -2.25. The van der Waals surface area contributed by atoms with E-state index in [0.29, 0.717) is 19.3 Å². The maximum atomic E-state index is 5.87. The van der Waals surface area contributed by atoms with E-state index in [4.69, 9.17) is 9.47 Å². The summed E-state index contributed by atoms with van der Waals surface area (Å²) in [5, 5.41) is 3.15. The van der Waals surface area contributed by atoms with E-state index >= 15 is 0 Å². The molecule has 0 aromatic heterocycles. The first-order valence-electron chi connectivity index (χ1n) is 6.41. The highest BCUT2D eigenvalue weighted by Gasteiger charge is 2.24. The number of ether oxygens (including phenoxy) is 2. The average molecular weight is 314 g/mol. The van der Waals surface area contributed by atoms with Crippen LogP contribution in [0.25, 0.3) is 0 Å². The van der Waals surface area contributed by atoms with Gasteiger partial charge in [-0.3, -0.25) is 0 Å². The van der Waals surface area contributed by atoms with Crippen molar-refractivity contribution in [3.05, 3.63) is 34.3 Å². The lowest BCUT2D eigenvalue weighted by Gasteiger charge is -2.14.